The van der Waals surface area contributed by atoms with Crippen LogP contribution in [-0.2, 0) is 14.8 Å². The lowest BCUT2D eigenvalue weighted by Crippen LogP contribution is -2.44. The van der Waals surface area contributed by atoms with Gasteiger partial charge < -0.3 is 20.4 Å². The highest BCUT2D eigenvalue weighted by Gasteiger charge is 2.26. The summed E-state index contributed by atoms with van der Waals surface area (Å²) in [5.74, 6) is -1.15. The van der Waals surface area contributed by atoms with Crippen molar-refractivity contribution in [3.63, 3.8) is 0 Å². The number of hydrogen-bond acceptors (Lipinski definition) is 9. The van der Waals surface area contributed by atoms with Gasteiger partial charge in [-0.2, -0.15) is 0 Å². The summed E-state index contributed by atoms with van der Waals surface area (Å²) in [6, 6.07) is 9.03. The van der Waals surface area contributed by atoms with Gasteiger partial charge in [0.05, 0.1) is 28.6 Å². The molecule has 2 aliphatic heterocycles. The Morgan fingerprint density at radius 3 is 2.57 bits per heavy atom. The topological polar surface area (TPSA) is 148 Å². The molecule has 0 bridgehead atoms. The number of nitrogens with zero attached hydrogens (tertiary/aromatic N) is 1. The molecule has 0 aliphatic carbocycles. The molecule has 0 saturated carbocycles. The number of amides is 2. The van der Waals surface area contributed by atoms with Gasteiger partial charge in [0.2, 0.25) is 10.0 Å². The number of hydrogen-bond donors (Lipinski definition) is 5. The summed E-state index contributed by atoms with van der Waals surface area (Å²) in [5, 5.41) is 25.4. The van der Waals surface area contributed by atoms with Crippen molar-refractivity contribution in [3.05, 3.63) is 58.2 Å². The molecular formula is C24H27FN4O6S2. The predicted octanol–water partition coefficient (Wildman–Crippen LogP) is 2.52. The van der Waals surface area contributed by atoms with Crippen molar-refractivity contribution in [2.75, 3.05) is 35.5 Å². The number of carbonyl (C=O) groups excluding carboxylic acids is 2. The Bertz CT molecular complexity index is 1340. The van der Waals surface area contributed by atoms with Gasteiger partial charge in [0.15, 0.2) is 0 Å². The van der Waals surface area contributed by atoms with Gasteiger partial charge in [-0.05, 0) is 66.1 Å². The van der Waals surface area contributed by atoms with Crippen molar-refractivity contribution in [1.29, 1.82) is 0 Å². The third kappa shape index (κ3) is 7.01. The molecule has 2 amide bonds. The van der Waals surface area contributed by atoms with Crippen LogP contribution in [0.3, 0.4) is 0 Å². The van der Waals surface area contributed by atoms with E-state index in [1.54, 1.807) is 12.1 Å². The van der Waals surface area contributed by atoms with Gasteiger partial charge in [-0.25, -0.2) is 12.8 Å². The Morgan fingerprint density at radius 1 is 1.22 bits per heavy atom. The number of phenols is 1. The molecule has 198 valence electrons. The van der Waals surface area contributed by atoms with Gasteiger partial charge in [-0.15, -0.1) is 0 Å². The molecular weight excluding hydrogens is 523 g/mol. The van der Waals surface area contributed by atoms with Crippen molar-refractivity contribution in [1.82, 2.24) is 10.6 Å². The smallest absolute Gasteiger partial charge is 0.290 e. The molecule has 2 saturated heterocycles. The number of aromatic hydroxyl groups is 1. The van der Waals surface area contributed by atoms with Gasteiger partial charge in [0.25, 0.3) is 11.1 Å². The van der Waals surface area contributed by atoms with Crippen LogP contribution in [0.1, 0.15) is 30.1 Å². The fourth-order valence-corrected chi connectivity index (χ4v) is 5.45. The van der Waals surface area contributed by atoms with E-state index in [2.05, 4.69) is 15.4 Å². The Labute approximate surface area is 218 Å². The van der Waals surface area contributed by atoms with E-state index in [-0.39, 0.29) is 28.9 Å². The second-order valence-corrected chi connectivity index (χ2v) is 11.7. The summed E-state index contributed by atoms with van der Waals surface area (Å²) in [6.45, 7) is 1.42. The fraction of sp³-hybridized carbons (Fsp3) is 0.333. The third-order valence-corrected chi connectivity index (χ3v) is 7.45. The first-order valence-electron chi connectivity index (χ1n) is 11.5. The number of thioether (sulfide) groups is 1. The highest BCUT2D eigenvalue weighted by atomic mass is 32.2. The molecule has 2 aromatic carbocycles. The summed E-state index contributed by atoms with van der Waals surface area (Å²) in [7, 11) is -3.59. The van der Waals surface area contributed by atoms with Crippen molar-refractivity contribution < 1.29 is 32.6 Å². The molecule has 2 aliphatic rings. The average molecular weight is 551 g/mol. The first kappa shape index (κ1) is 26.9. The van der Waals surface area contributed by atoms with Gasteiger partial charge in [0, 0.05) is 25.7 Å². The summed E-state index contributed by atoms with van der Waals surface area (Å²) >= 11 is 0.781. The van der Waals surface area contributed by atoms with Gasteiger partial charge in [-0.3, -0.25) is 19.6 Å². The zero-order valence-electron chi connectivity index (χ0n) is 19.9. The summed E-state index contributed by atoms with van der Waals surface area (Å²) in [6.07, 6.45) is 2.96. The number of aliphatic hydroxyl groups excluding tert-OH is 1. The molecule has 10 nitrogen and oxygen atoms in total. The zero-order chi connectivity index (χ0) is 26.7. The SMILES string of the molecule is CS(=O)(=O)Nc1cc(C(O)CNC2CCN(c3ccc(C=C4SC(=O)NC4=O)cc3F)CC2)ccc1O. The Balaban J connectivity index is 1.30. The van der Waals surface area contributed by atoms with E-state index < -0.39 is 33.1 Å². The van der Waals surface area contributed by atoms with Crippen LogP contribution in [0.5, 0.6) is 5.75 Å². The number of aliphatic hydroxyl groups is 1. The van der Waals surface area contributed by atoms with Gasteiger partial charge in [0.1, 0.15) is 11.6 Å². The number of halogens is 1. The summed E-state index contributed by atoms with van der Waals surface area (Å²) < 4.78 is 40.0. The normalized spacial score (nSPS) is 18.8. The van der Waals surface area contributed by atoms with Gasteiger partial charge >= 0.3 is 0 Å². The van der Waals surface area contributed by atoms with Crippen LogP contribution in [0.2, 0.25) is 0 Å². The van der Waals surface area contributed by atoms with Crippen LogP contribution in [0.25, 0.3) is 6.08 Å². The maximum absolute atomic E-state index is 14.8. The predicted molar refractivity (Wildman–Crippen MR) is 140 cm³/mol. The fourth-order valence-electron chi connectivity index (χ4n) is 4.20. The first-order valence-corrected chi connectivity index (χ1v) is 14.2. The highest BCUT2D eigenvalue weighted by molar-refractivity contribution is 8.18. The van der Waals surface area contributed by atoms with Crippen molar-refractivity contribution in [2.24, 2.45) is 0 Å². The van der Waals surface area contributed by atoms with Crippen LogP contribution in [0.15, 0.2) is 41.3 Å². The van der Waals surface area contributed by atoms with Gasteiger partial charge in [-0.1, -0.05) is 12.1 Å². The first-order chi connectivity index (χ1) is 17.5. The number of carbonyl (C=O) groups is 2. The van der Waals surface area contributed by atoms with E-state index in [9.17, 15) is 32.6 Å². The molecule has 2 heterocycles. The highest BCUT2D eigenvalue weighted by Crippen LogP contribution is 2.30. The molecule has 0 radical (unpaired) electrons. The Morgan fingerprint density at radius 2 is 1.95 bits per heavy atom. The van der Waals surface area contributed by atoms with Crippen LogP contribution in [0.4, 0.5) is 20.6 Å². The monoisotopic (exact) mass is 550 g/mol. The second kappa shape index (κ2) is 11.1. The van der Waals surface area contributed by atoms with E-state index in [1.807, 2.05) is 4.90 Å². The van der Waals surface area contributed by atoms with E-state index in [4.69, 9.17) is 0 Å². The van der Waals surface area contributed by atoms with Crippen LogP contribution >= 0.6 is 11.8 Å². The van der Waals surface area contributed by atoms with E-state index in [1.165, 1.54) is 30.3 Å². The summed E-state index contributed by atoms with van der Waals surface area (Å²) in [4.78, 5) is 25.1. The number of rotatable bonds is 8. The number of benzene rings is 2. The standard InChI is InChI=1S/C24H27FN4O6S2/c1-37(34,35)28-18-12-15(3-5-20(18)30)21(31)13-26-16-6-8-29(9-7-16)19-4-2-14(10-17(19)25)11-22-23(32)27-24(33)36-22/h2-5,10-12,16,21,26,28,30-31H,6-9,13H2,1H3,(H,27,32,33). The van der Waals surface area contributed by atoms with E-state index in [0.29, 0.717) is 42.7 Å². The van der Waals surface area contributed by atoms with Crippen molar-refractivity contribution in [3.8, 4) is 5.75 Å². The molecule has 1 atom stereocenters. The Hall–Kier alpha value is -3.13. The maximum atomic E-state index is 14.8. The molecule has 37 heavy (non-hydrogen) atoms. The lowest BCUT2D eigenvalue weighted by Gasteiger charge is -2.34. The number of piperidine rings is 1. The minimum Gasteiger partial charge on any atom is -0.506 e. The quantitative estimate of drug-likeness (QED) is 0.247. The molecule has 0 spiro atoms. The molecule has 13 heteroatoms. The maximum Gasteiger partial charge on any atom is 0.290 e. The largest absolute Gasteiger partial charge is 0.506 e. The second-order valence-electron chi connectivity index (χ2n) is 8.90. The van der Waals surface area contributed by atoms with Crippen LogP contribution < -0.4 is 20.3 Å². The van der Waals surface area contributed by atoms with Crippen LogP contribution in [0, 0.1) is 5.82 Å². The van der Waals surface area contributed by atoms with Crippen molar-refractivity contribution in [2.45, 2.75) is 25.0 Å². The lowest BCUT2D eigenvalue weighted by atomic mass is 10.0. The zero-order valence-corrected chi connectivity index (χ0v) is 21.5. The number of nitrogens with one attached hydrogen (secondary N) is 3. The molecule has 5 N–H and O–H groups in total. The number of sulfonamides is 1. The molecule has 2 aromatic rings. The van der Waals surface area contributed by atoms with Crippen LogP contribution in [-0.4, -0.2) is 61.7 Å². The minimum atomic E-state index is -3.59. The van der Waals surface area contributed by atoms with E-state index in [0.717, 1.165) is 18.0 Å². The molecule has 2 fully saturated rings. The molecule has 1 unspecified atom stereocenters. The van der Waals surface area contributed by atoms with E-state index >= 15 is 0 Å². The molecule has 0 aromatic heterocycles. The molecule has 4 rings (SSSR count). The number of anilines is 2. The Kier molecular flexibility index (Phi) is 8.07. The summed E-state index contributed by atoms with van der Waals surface area (Å²) in [5.41, 5.74) is 1.39. The minimum absolute atomic E-state index is 0.00431. The average Bonchev–Trinajstić information content (AvgIpc) is 3.15. The lowest BCUT2D eigenvalue weighted by molar-refractivity contribution is -0.115. The van der Waals surface area contributed by atoms with Crippen molar-refractivity contribution >= 4 is 50.4 Å². The number of imide groups is 1. The number of phenolic OH excluding ortho intramolecular Hbond substituents is 1. The third-order valence-electron chi connectivity index (χ3n) is 6.05.